The van der Waals surface area contributed by atoms with Gasteiger partial charge in [0.1, 0.15) is 0 Å². The topological polar surface area (TPSA) is 103 Å². The van der Waals surface area contributed by atoms with Crippen LogP contribution >= 0.6 is 0 Å². The Morgan fingerprint density at radius 2 is 1.41 bits per heavy atom. The van der Waals surface area contributed by atoms with Gasteiger partial charge in [-0.1, -0.05) is 79.7 Å². The average molecular weight is 429 g/mol. The fourth-order valence-electron chi connectivity index (χ4n) is 3.72. The SMILES string of the molecule is CC(CC(CCc1ccc(-c2cccc(C(=O)c3ccccc3)c2)cc1)C(N)=O)C(N)=O. The molecule has 3 aromatic rings. The number of amides is 2. The van der Waals surface area contributed by atoms with Gasteiger partial charge in [0.15, 0.2) is 5.78 Å². The van der Waals surface area contributed by atoms with Crippen molar-refractivity contribution in [1.29, 1.82) is 0 Å². The van der Waals surface area contributed by atoms with Crippen molar-refractivity contribution in [2.75, 3.05) is 0 Å². The molecule has 0 aliphatic rings. The van der Waals surface area contributed by atoms with Crippen molar-refractivity contribution < 1.29 is 14.4 Å². The maximum atomic E-state index is 12.7. The highest BCUT2D eigenvalue weighted by Crippen LogP contribution is 2.24. The highest BCUT2D eigenvalue weighted by Gasteiger charge is 2.21. The molecule has 0 aliphatic carbocycles. The van der Waals surface area contributed by atoms with Gasteiger partial charge in [-0.25, -0.2) is 0 Å². The molecule has 2 amide bonds. The largest absolute Gasteiger partial charge is 0.369 e. The summed E-state index contributed by atoms with van der Waals surface area (Å²) in [5.41, 5.74) is 15.2. The lowest BCUT2D eigenvalue weighted by molar-refractivity contribution is -0.124. The van der Waals surface area contributed by atoms with Gasteiger partial charge in [0.2, 0.25) is 11.8 Å². The molecule has 0 saturated heterocycles. The van der Waals surface area contributed by atoms with Crippen LogP contribution in [0.25, 0.3) is 11.1 Å². The van der Waals surface area contributed by atoms with Crippen LogP contribution in [0.2, 0.25) is 0 Å². The molecule has 0 radical (unpaired) electrons. The fraction of sp³-hybridized carbons (Fsp3) is 0.222. The van der Waals surface area contributed by atoms with E-state index in [0.717, 1.165) is 16.7 Å². The van der Waals surface area contributed by atoms with Crippen molar-refractivity contribution in [3.63, 3.8) is 0 Å². The molecule has 0 saturated carbocycles. The third kappa shape index (κ3) is 5.91. The molecule has 0 bridgehead atoms. The van der Waals surface area contributed by atoms with E-state index in [1.54, 1.807) is 6.92 Å². The Morgan fingerprint density at radius 1 is 0.750 bits per heavy atom. The Balaban J connectivity index is 1.68. The molecule has 0 aliphatic heterocycles. The number of benzene rings is 3. The Bertz CT molecular complexity index is 1090. The maximum absolute atomic E-state index is 12.7. The second-order valence-electron chi connectivity index (χ2n) is 8.15. The third-order valence-electron chi connectivity index (χ3n) is 5.76. The molecule has 2 unspecified atom stereocenters. The molecule has 5 heteroatoms. The first kappa shape index (κ1) is 22.9. The first-order valence-electron chi connectivity index (χ1n) is 10.7. The van der Waals surface area contributed by atoms with E-state index in [0.29, 0.717) is 30.4 Å². The number of aryl methyl sites for hydroxylation is 1. The van der Waals surface area contributed by atoms with Crippen LogP contribution in [0.15, 0.2) is 78.9 Å². The lowest BCUT2D eigenvalue weighted by atomic mass is 9.89. The first-order chi connectivity index (χ1) is 15.3. The summed E-state index contributed by atoms with van der Waals surface area (Å²) in [6, 6.07) is 24.8. The molecule has 164 valence electrons. The number of nitrogens with two attached hydrogens (primary N) is 2. The van der Waals surface area contributed by atoms with Gasteiger partial charge in [0.25, 0.3) is 0 Å². The number of ketones is 1. The molecular weight excluding hydrogens is 400 g/mol. The van der Waals surface area contributed by atoms with E-state index >= 15 is 0 Å². The van der Waals surface area contributed by atoms with Gasteiger partial charge < -0.3 is 11.5 Å². The molecule has 3 aromatic carbocycles. The van der Waals surface area contributed by atoms with Crippen molar-refractivity contribution in [2.45, 2.75) is 26.2 Å². The summed E-state index contributed by atoms with van der Waals surface area (Å²) in [7, 11) is 0. The van der Waals surface area contributed by atoms with Gasteiger partial charge in [0, 0.05) is 23.0 Å². The minimum absolute atomic E-state index is 0.00764. The monoisotopic (exact) mass is 428 g/mol. The summed E-state index contributed by atoms with van der Waals surface area (Å²) in [5, 5.41) is 0. The molecule has 2 atom stereocenters. The van der Waals surface area contributed by atoms with Crippen LogP contribution in [0.5, 0.6) is 0 Å². The van der Waals surface area contributed by atoms with Gasteiger partial charge in [-0.2, -0.15) is 0 Å². The number of hydrogen-bond donors (Lipinski definition) is 2. The highest BCUT2D eigenvalue weighted by molar-refractivity contribution is 6.09. The van der Waals surface area contributed by atoms with Crippen molar-refractivity contribution in [3.8, 4) is 11.1 Å². The van der Waals surface area contributed by atoms with Gasteiger partial charge in [0.05, 0.1) is 0 Å². The predicted octanol–water partition coefficient (Wildman–Crippen LogP) is 4.13. The van der Waals surface area contributed by atoms with E-state index in [-0.39, 0.29) is 11.7 Å². The zero-order valence-corrected chi connectivity index (χ0v) is 18.2. The highest BCUT2D eigenvalue weighted by atomic mass is 16.2. The summed E-state index contributed by atoms with van der Waals surface area (Å²) in [6.45, 7) is 1.71. The van der Waals surface area contributed by atoms with E-state index in [4.69, 9.17) is 11.5 Å². The molecule has 4 N–H and O–H groups in total. The zero-order valence-electron chi connectivity index (χ0n) is 18.2. The number of carbonyl (C=O) groups excluding carboxylic acids is 3. The lowest BCUT2D eigenvalue weighted by Gasteiger charge is -2.16. The minimum Gasteiger partial charge on any atom is -0.369 e. The summed E-state index contributed by atoms with van der Waals surface area (Å²) in [5.74, 6) is -1.62. The summed E-state index contributed by atoms with van der Waals surface area (Å²) >= 11 is 0. The van der Waals surface area contributed by atoms with Gasteiger partial charge in [-0.3, -0.25) is 14.4 Å². The first-order valence-corrected chi connectivity index (χ1v) is 10.7. The van der Waals surface area contributed by atoms with Crippen LogP contribution in [0.4, 0.5) is 0 Å². The molecule has 0 heterocycles. The molecule has 0 aromatic heterocycles. The molecular formula is C27H28N2O3. The minimum atomic E-state index is -0.423. The Morgan fingerprint density at radius 3 is 2.03 bits per heavy atom. The third-order valence-corrected chi connectivity index (χ3v) is 5.76. The van der Waals surface area contributed by atoms with Crippen molar-refractivity contribution in [2.24, 2.45) is 23.3 Å². The van der Waals surface area contributed by atoms with Crippen LogP contribution in [0.3, 0.4) is 0 Å². The molecule has 32 heavy (non-hydrogen) atoms. The van der Waals surface area contributed by atoms with Crippen molar-refractivity contribution in [1.82, 2.24) is 0 Å². The Labute approximate surface area is 188 Å². The van der Waals surface area contributed by atoms with Crippen LogP contribution in [-0.4, -0.2) is 17.6 Å². The maximum Gasteiger partial charge on any atom is 0.220 e. The van der Waals surface area contributed by atoms with Crippen LogP contribution in [0, 0.1) is 11.8 Å². The predicted molar refractivity (Wildman–Crippen MR) is 126 cm³/mol. The van der Waals surface area contributed by atoms with Crippen molar-refractivity contribution in [3.05, 3.63) is 95.6 Å². The second-order valence-corrected chi connectivity index (χ2v) is 8.15. The van der Waals surface area contributed by atoms with Crippen molar-refractivity contribution >= 4 is 17.6 Å². The zero-order chi connectivity index (χ0) is 23.1. The lowest BCUT2D eigenvalue weighted by Crippen LogP contribution is -2.30. The summed E-state index contributed by atoms with van der Waals surface area (Å²) in [4.78, 5) is 35.8. The number of hydrogen-bond acceptors (Lipinski definition) is 3. The molecule has 3 rings (SSSR count). The standard InChI is InChI=1S/C27H28N2O3/c1-18(26(28)31)16-24(27(29)32)15-12-19-10-13-20(14-11-19)22-8-5-9-23(17-22)25(30)21-6-3-2-4-7-21/h2-11,13-14,17-18,24H,12,15-16H2,1H3,(H2,28,31)(H2,29,32). The molecule has 0 spiro atoms. The summed E-state index contributed by atoms with van der Waals surface area (Å²) in [6.07, 6.45) is 1.60. The van der Waals surface area contributed by atoms with E-state index in [1.807, 2.05) is 78.9 Å². The van der Waals surface area contributed by atoms with E-state index in [2.05, 4.69) is 0 Å². The number of carbonyl (C=O) groups is 3. The fourth-order valence-corrected chi connectivity index (χ4v) is 3.72. The smallest absolute Gasteiger partial charge is 0.220 e. The van der Waals surface area contributed by atoms with E-state index in [9.17, 15) is 14.4 Å². The quantitative estimate of drug-likeness (QED) is 0.475. The van der Waals surface area contributed by atoms with Crippen LogP contribution < -0.4 is 11.5 Å². The molecule has 5 nitrogen and oxygen atoms in total. The van der Waals surface area contributed by atoms with Gasteiger partial charge >= 0.3 is 0 Å². The second kappa shape index (κ2) is 10.5. The number of primary amides is 2. The average Bonchev–Trinajstić information content (AvgIpc) is 2.81. The van der Waals surface area contributed by atoms with Gasteiger partial charge in [-0.15, -0.1) is 0 Å². The summed E-state index contributed by atoms with van der Waals surface area (Å²) < 4.78 is 0. The van der Waals surface area contributed by atoms with Crippen LogP contribution in [-0.2, 0) is 16.0 Å². The number of rotatable bonds is 10. The normalized spacial score (nSPS) is 12.7. The van der Waals surface area contributed by atoms with E-state index in [1.165, 1.54) is 0 Å². The van der Waals surface area contributed by atoms with E-state index < -0.39 is 17.7 Å². The van der Waals surface area contributed by atoms with Crippen LogP contribution in [0.1, 0.15) is 41.3 Å². The Hall–Kier alpha value is -3.73. The Kier molecular flexibility index (Phi) is 7.55. The molecule has 0 fully saturated rings. The van der Waals surface area contributed by atoms with Gasteiger partial charge in [-0.05, 0) is 42.0 Å².